The van der Waals surface area contributed by atoms with Gasteiger partial charge >= 0.3 is 0 Å². The highest BCUT2D eigenvalue weighted by Gasteiger charge is 2.12. The minimum absolute atomic E-state index is 0.280. The maximum atomic E-state index is 5.63. The second kappa shape index (κ2) is 8.60. The van der Waals surface area contributed by atoms with Crippen molar-refractivity contribution in [3.8, 4) is 5.75 Å². The number of hydrogen-bond donors (Lipinski definition) is 0. The lowest BCUT2D eigenvalue weighted by Crippen LogP contribution is -2.08. The monoisotopic (exact) mass is 274 g/mol. The van der Waals surface area contributed by atoms with E-state index in [-0.39, 0.29) is 6.79 Å². The van der Waals surface area contributed by atoms with E-state index in [2.05, 4.69) is 39.5 Å². The molecule has 0 amide bonds. The Morgan fingerprint density at radius 1 is 1.25 bits per heavy atom. The van der Waals surface area contributed by atoms with Gasteiger partial charge < -0.3 is 9.47 Å². The Kier molecular flexibility index (Phi) is 7.10. The van der Waals surface area contributed by atoms with Gasteiger partial charge in [0.1, 0.15) is 5.75 Å². The van der Waals surface area contributed by atoms with Crippen LogP contribution in [0.5, 0.6) is 5.75 Å². The lowest BCUT2D eigenvalue weighted by atomic mass is 9.90. The van der Waals surface area contributed by atoms with Gasteiger partial charge in [-0.2, -0.15) is 0 Å². The number of methoxy groups -OCH3 is 1. The zero-order chi connectivity index (χ0) is 15.0. The molecule has 1 aromatic carbocycles. The summed E-state index contributed by atoms with van der Waals surface area (Å²) in [5, 5.41) is 0. The van der Waals surface area contributed by atoms with Crippen molar-refractivity contribution in [1.29, 1.82) is 0 Å². The maximum Gasteiger partial charge on any atom is 0.188 e. The maximum absolute atomic E-state index is 5.63. The summed E-state index contributed by atoms with van der Waals surface area (Å²) < 4.78 is 10.6. The van der Waals surface area contributed by atoms with Crippen LogP contribution in [-0.4, -0.2) is 13.9 Å². The molecule has 0 spiro atoms. The first-order valence-electron chi connectivity index (χ1n) is 7.03. The van der Waals surface area contributed by atoms with E-state index in [0.717, 1.165) is 18.6 Å². The van der Waals surface area contributed by atoms with Gasteiger partial charge in [-0.1, -0.05) is 42.0 Å². The van der Waals surface area contributed by atoms with Crippen LogP contribution in [0.25, 0.3) is 0 Å². The van der Waals surface area contributed by atoms with E-state index >= 15 is 0 Å². The fraction of sp³-hybridized carbons (Fsp3) is 0.444. The molecule has 1 atom stereocenters. The molecular weight excluding hydrogens is 248 g/mol. The normalized spacial score (nSPS) is 11.8. The van der Waals surface area contributed by atoms with Crippen LogP contribution in [0.2, 0.25) is 0 Å². The Morgan fingerprint density at radius 2 is 1.95 bits per heavy atom. The summed E-state index contributed by atoms with van der Waals surface area (Å²) in [4.78, 5) is 0. The fourth-order valence-electron chi connectivity index (χ4n) is 2.04. The molecule has 0 aliphatic heterocycles. The van der Waals surface area contributed by atoms with Crippen molar-refractivity contribution in [1.82, 2.24) is 0 Å². The summed E-state index contributed by atoms with van der Waals surface area (Å²) in [6.07, 6.45) is 4.24. The van der Waals surface area contributed by atoms with E-state index < -0.39 is 0 Å². The smallest absolute Gasteiger partial charge is 0.188 e. The molecule has 0 saturated heterocycles. The quantitative estimate of drug-likeness (QED) is 0.502. The van der Waals surface area contributed by atoms with E-state index in [9.17, 15) is 0 Å². The minimum atomic E-state index is 0.280. The highest BCUT2D eigenvalue weighted by atomic mass is 16.7. The molecule has 20 heavy (non-hydrogen) atoms. The van der Waals surface area contributed by atoms with Gasteiger partial charge in [-0.15, -0.1) is 0 Å². The Labute approximate surface area is 123 Å². The molecule has 0 radical (unpaired) electrons. The van der Waals surface area contributed by atoms with Crippen LogP contribution < -0.4 is 4.74 Å². The highest BCUT2D eigenvalue weighted by molar-refractivity contribution is 5.34. The van der Waals surface area contributed by atoms with E-state index in [0.29, 0.717) is 5.92 Å². The van der Waals surface area contributed by atoms with Crippen molar-refractivity contribution in [3.63, 3.8) is 0 Å². The molecule has 110 valence electrons. The van der Waals surface area contributed by atoms with Gasteiger partial charge in [-0.3, -0.25) is 0 Å². The molecule has 2 nitrogen and oxygen atoms in total. The first-order valence-corrected chi connectivity index (χ1v) is 7.03. The number of para-hydroxylation sites is 1. The molecule has 1 aromatic rings. The summed E-state index contributed by atoms with van der Waals surface area (Å²) in [6.45, 7) is 10.8. The number of ether oxygens (including phenoxy) is 2. The zero-order valence-corrected chi connectivity index (χ0v) is 13.1. The molecule has 1 rings (SSSR count). The van der Waals surface area contributed by atoms with Crippen LogP contribution >= 0.6 is 0 Å². The SMILES string of the molecule is C=C(C)C(CC=C(C)C)Cc1ccccc1OCOC. The lowest BCUT2D eigenvalue weighted by Gasteiger charge is -2.18. The largest absolute Gasteiger partial charge is 0.467 e. The third-order valence-electron chi connectivity index (χ3n) is 3.28. The van der Waals surface area contributed by atoms with Crippen molar-refractivity contribution < 1.29 is 9.47 Å². The van der Waals surface area contributed by atoms with Crippen molar-refractivity contribution in [2.45, 2.75) is 33.6 Å². The van der Waals surface area contributed by atoms with Gasteiger partial charge in [0.15, 0.2) is 6.79 Å². The Bertz CT molecular complexity index is 456. The van der Waals surface area contributed by atoms with Gasteiger partial charge in [0.25, 0.3) is 0 Å². The molecule has 0 heterocycles. The standard InChI is InChI=1S/C18H26O2/c1-14(2)10-11-16(15(3)4)12-17-8-6-7-9-18(17)20-13-19-5/h6-10,16H,3,11-13H2,1-2,4-5H3. The van der Waals surface area contributed by atoms with Crippen LogP contribution in [-0.2, 0) is 11.2 Å². The summed E-state index contributed by atoms with van der Waals surface area (Å²) in [6, 6.07) is 8.14. The molecule has 0 saturated carbocycles. The lowest BCUT2D eigenvalue weighted by molar-refractivity contribution is 0.0503. The fourth-order valence-corrected chi connectivity index (χ4v) is 2.04. The Balaban J connectivity index is 2.82. The molecule has 0 aliphatic rings. The number of hydrogen-bond acceptors (Lipinski definition) is 2. The summed E-state index contributed by atoms with van der Waals surface area (Å²) in [7, 11) is 1.63. The average Bonchev–Trinajstić information content (AvgIpc) is 2.41. The zero-order valence-electron chi connectivity index (χ0n) is 13.1. The Morgan fingerprint density at radius 3 is 2.55 bits per heavy atom. The average molecular weight is 274 g/mol. The number of benzene rings is 1. The summed E-state index contributed by atoms with van der Waals surface area (Å²) in [5.74, 6) is 1.34. The van der Waals surface area contributed by atoms with Gasteiger partial charge in [0.2, 0.25) is 0 Å². The molecule has 0 N–H and O–H groups in total. The van der Waals surface area contributed by atoms with Gasteiger partial charge in [-0.25, -0.2) is 0 Å². The van der Waals surface area contributed by atoms with Crippen LogP contribution in [0, 0.1) is 5.92 Å². The minimum Gasteiger partial charge on any atom is -0.467 e. The van der Waals surface area contributed by atoms with E-state index in [1.807, 2.05) is 18.2 Å². The topological polar surface area (TPSA) is 18.5 Å². The van der Waals surface area contributed by atoms with Gasteiger partial charge in [-0.05, 0) is 51.2 Å². The second-order valence-corrected chi connectivity index (χ2v) is 5.42. The predicted octanol–water partition coefficient (Wildman–Crippen LogP) is 4.76. The van der Waals surface area contributed by atoms with Gasteiger partial charge in [0.05, 0.1) is 0 Å². The molecule has 0 aliphatic carbocycles. The van der Waals surface area contributed by atoms with Crippen LogP contribution in [0.4, 0.5) is 0 Å². The second-order valence-electron chi connectivity index (χ2n) is 5.42. The molecule has 1 unspecified atom stereocenters. The third-order valence-corrected chi connectivity index (χ3v) is 3.28. The molecule has 0 aromatic heterocycles. The molecule has 0 bridgehead atoms. The van der Waals surface area contributed by atoms with Gasteiger partial charge in [0, 0.05) is 7.11 Å². The van der Waals surface area contributed by atoms with Crippen molar-refractivity contribution in [2.75, 3.05) is 13.9 Å². The molecule has 0 fully saturated rings. The molecular formula is C18H26O2. The molecule has 2 heteroatoms. The first kappa shape index (κ1) is 16.5. The van der Waals surface area contributed by atoms with Crippen LogP contribution in [0.3, 0.4) is 0 Å². The summed E-state index contributed by atoms with van der Waals surface area (Å²) >= 11 is 0. The van der Waals surface area contributed by atoms with E-state index in [4.69, 9.17) is 9.47 Å². The summed E-state index contributed by atoms with van der Waals surface area (Å²) in [5.41, 5.74) is 3.77. The van der Waals surface area contributed by atoms with Crippen molar-refractivity contribution in [3.05, 3.63) is 53.6 Å². The van der Waals surface area contributed by atoms with Crippen molar-refractivity contribution in [2.24, 2.45) is 5.92 Å². The predicted molar refractivity (Wildman–Crippen MR) is 85.0 cm³/mol. The van der Waals surface area contributed by atoms with Crippen molar-refractivity contribution >= 4 is 0 Å². The third kappa shape index (κ3) is 5.62. The Hall–Kier alpha value is -1.54. The number of rotatable bonds is 8. The highest BCUT2D eigenvalue weighted by Crippen LogP contribution is 2.26. The van der Waals surface area contributed by atoms with Crippen LogP contribution in [0.1, 0.15) is 32.8 Å². The first-order chi connectivity index (χ1) is 9.54. The number of allylic oxidation sites excluding steroid dienone is 3. The van der Waals surface area contributed by atoms with E-state index in [1.165, 1.54) is 16.7 Å². The van der Waals surface area contributed by atoms with Crippen LogP contribution in [0.15, 0.2) is 48.1 Å². The van der Waals surface area contributed by atoms with E-state index in [1.54, 1.807) is 7.11 Å².